The zero-order valence-corrected chi connectivity index (χ0v) is 12.0. The maximum atomic E-state index is 12.1. The van der Waals surface area contributed by atoms with E-state index in [-0.39, 0.29) is 28.9 Å². The summed E-state index contributed by atoms with van der Waals surface area (Å²) in [5.74, 6) is -0.224. The number of carbonyl (C=O) groups excluding carboxylic acids is 2. The van der Waals surface area contributed by atoms with Crippen LogP contribution in [0.2, 0.25) is 0 Å². The fourth-order valence-corrected chi connectivity index (χ4v) is 2.44. The molecule has 0 aromatic carbocycles. The molecular weight excluding hydrogens is 266 g/mol. The van der Waals surface area contributed by atoms with Crippen LogP contribution < -0.4 is 5.32 Å². The summed E-state index contributed by atoms with van der Waals surface area (Å²) in [7, 11) is 0. The summed E-state index contributed by atoms with van der Waals surface area (Å²) in [5.41, 5.74) is 1.80. The molecule has 2 rings (SSSR count). The van der Waals surface area contributed by atoms with Crippen molar-refractivity contribution in [1.82, 2.24) is 9.97 Å². The number of ketones is 1. The molecule has 102 valence electrons. The smallest absolute Gasteiger partial charge is 0.241 e. The quantitative estimate of drug-likeness (QED) is 0.843. The van der Waals surface area contributed by atoms with Gasteiger partial charge in [0, 0.05) is 6.42 Å². The van der Waals surface area contributed by atoms with E-state index in [4.69, 9.17) is 11.6 Å². The van der Waals surface area contributed by atoms with Gasteiger partial charge in [-0.05, 0) is 18.8 Å². The molecule has 0 aliphatic heterocycles. The number of nitrogens with zero attached hydrogens (tertiary/aromatic N) is 2. The predicted octanol–water partition coefficient (Wildman–Crippen LogP) is 2.12. The highest BCUT2D eigenvalue weighted by molar-refractivity contribution is 6.28. The van der Waals surface area contributed by atoms with E-state index in [2.05, 4.69) is 15.3 Å². The average Bonchev–Trinajstić information content (AvgIpc) is 2.25. The summed E-state index contributed by atoms with van der Waals surface area (Å²) < 4.78 is 0. The fraction of sp³-hybridized carbons (Fsp3) is 0.538. The summed E-state index contributed by atoms with van der Waals surface area (Å²) >= 11 is 5.43. The van der Waals surface area contributed by atoms with E-state index in [1.54, 1.807) is 6.92 Å². The normalized spacial score (nSPS) is 16.9. The van der Waals surface area contributed by atoms with Crippen LogP contribution in [0, 0.1) is 12.3 Å². The highest BCUT2D eigenvalue weighted by atomic mass is 35.5. The highest BCUT2D eigenvalue weighted by Gasteiger charge is 2.33. The summed E-state index contributed by atoms with van der Waals surface area (Å²) in [4.78, 5) is 31.8. The SMILES string of the molecule is Cc1nc(NC(=O)CCl)nc2c1C(=O)CC(C)(C)C2. The van der Waals surface area contributed by atoms with Crippen molar-refractivity contribution in [3.63, 3.8) is 0 Å². The van der Waals surface area contributed by atoms with Gasteiger partial charge in [-0.2, -0.15) is 0 Å². The van der Waals surface area contributed by atoms with Crippen molar-refractivity contribution in [3.05, 3.63) is 17.0 Å². The number of Topliss-reactive ketones (excluding diaryl/α,β-unsaturated/α-hetero) is 1. The number of nitrogens with one attached hydrogen (secondary N) is 1. The van der Waals surface area contributed by atoms with Gasteiger partial charge in [0.05, 0.1) is 17.0 Å². The average molecular weight is 282 g/mol. The molecule has 0 saturated carbocycles. The third-order valence-corrected chi connectivity index (χ3v) is 3.34. The molecule has 1 aromatic heterocycles. The number of fused-ring (bicyclic) bond motifs is 1. The number of aryl methyl sites for hydroxylation is 1. The van der Waals surface area contributed by atoms with Gasteiger partial charge in [0.1, 0.15) is 5.88 Å². The third kappa shape index (κ3) is 2.92. The Balaban J connectivity index is 2.42. The number of hydrogen-bond donors (Lipinski definition) is 1. The molecule has 19 heavy (non-hydrogen) atoms. The van der Waals surface area contributed by atoms with Crippen molar-refractivity contribution in [2.75, 3.05) is 11.2 Å². The molecule has 1 N–H and O–H groups in total. The van der Waals surface area contributed by atoms with E-state index in [1.807, 2.05) is 13.8 Å². The Morgan fingerprint density at radius 2 is 2.05 bits per heavy atom. The van der Waals surface area contributed by atoms with E-state index in [1.165, 1.54) is 0 Å². The lowest BCUT2D eigenvalue weighted by atomic mass is 9.75. The molecule has 0 fully saturated rings. The van der Waals surface area contributed by atoms with E-state index in [9.17, 15) is 9.59 Å². The minimum atomic E-state index is -0.359. The zero-order chi connectivity index (χ0) is 14.2. The van der Waals surface area contributed by atoms with Crippen LogP contribution in [0.3, 0.4) is 0 Å². The molecule has 1 amide bonds. The van der Waals surface area contributed by atoms with Gasteiger partial charge in [0.25, 0.3) is 0 Å². The van der Waals surface area contributed by atoms with Gasteiger partial charge in [0.2, 0.25) is 11.9 Å². The van der Waals surface area contributed by atoms with Crippen LogP contribution in [0.4, 0.5) is 5.95 Å². The molecule has 5 nitrogen and oxygen atoms in total. The van der Waals surface area contributed by atoms with Crippen molar-refractivity contribution in [2.45, 2.75) is 33.6 Å². The Hall–Kier alpha value is -1.49. The number of rotatable bonds is 2. The highest BCUT2D eigenvalue weighted by Crippen LogP contribution is 2.35. The van der Waals surface area contributed by atoms with Crippen LogP contribution in [-0.4, -0.2) is 27.5 Å². The maximum Gasteiger partial charge on any atom is 0.241 e. The van der Waals surface area contributed by atoms with Gasteiger partial charge in [-0.1, -0.05) is 13.8 Å². The second-order valence-electron chi connectivity index (χ2n) is 5.58. The van der Waals surface area contributed by atoms with Gasteiger partial charge in [-0.25, -0.2) is 9.97 Å². The molecule has 0 bridgehead atoms. The molecule has 0 saturated heterocycles. The molecule has 1 heterocycles. The number of anilines is 1. The second-order valence-corrected chi connectivity index (χ2v) is 5.84. The van der Waals surface area contributed by atoms with Gasteiger partial charge in [0.15, 0.2) is 5.78 Å². The minimum absolute atomic E-state index is 0.0685. The Morgan fingerprint density at radius 3 is 2.68 bits per heavy atom. The number of amides is 1. The Bertz CT molecular complexity index is 555. The van der Waals surface area contributed by atoms with Gasteiger partial charge in [-0.3, -0.25) is 14.9 Å². The van der Waals surface area contributed by atoms with E-state index in [0.717, 1.165) is 0 Å². The van der Waals surface area contributed by atoms with Crippen molar-refractivity contribution in [3.8, 4) is 0 Å². The van der Waals surface area contributed by atoms with Crippen LogP contribution in [0.5, 0.6) is 0 Å². The number of halogens is 1. The van der Waals surface area contributed by atoms with Crippen LogP contribution >= 0.6 is 11.6 Å². The molecular formula is C13H16ClN3O2. The largest absolute Gasteiger partial charge is 0.294 e. The third-order valence-electron chi connectivity index (χ3n) is 3.10. The van der Waals surface area contributed by atoms with Gasteiger partial charge < -0.3 is 0 Å². The maximum absolute atomic E-state index is 12.1. The summed E-state index contributed by atoms with van der Waals surface area (Å²) in [6.07, 6.45) is 1.19. The first-order valence-corrected chi connectivity index (χ1v) is 6.62. The Morgan fingerprint density at radius 1 is 1.37 bits per heavy atom. The molecule has 0 spiro atoms. The van der Waals surface area contributed by atoms with Crippen LogP contribution in [-0.2, 0) is 11.2 Å². The monoisotopic (exact) mass is 281 g/mol. The second kappa shape index (κ2) is 4.89. The molecule has 0 unspecified atom stereocenters. The fourth-order valence-electron chi connectivity index (χ4n) is 2.38. The lowest BCUT2D eigenvalue weighted by Gasteiger charge is -2.30. The first-order valence-electron chi connectivity index (χ1n) is 6.09. The van der Waals surface area contributed by atoms with Crippen LogP contribution in [0.25, 0.3) is 0 Å². The molecule has 1 aliphatic carbocycles. The minimum Gasteiger partial charge on any atom is -0.294 e. The molecule has 0 radical (unpaired) electrons. The van der Waals surface area contributed by atoms with Crippen molar-refractivity contribution >= 4 is 29.2 Å². The van der Waals surface area contributed by atoms with E-state index in [0.29, 0.717) is 29.8 Å². The standard InChI is InChI=1S/C13H16ClN3O2/c1-7-11-8(4-13(2,3)5-9(11)18)16-12(15-7)17-10(19)6-14/h4-6H2,1-3H3,(H,15,16,17,19). The van der Waals surface area contributed by atoms with Crippen LogP contribution in [0.1, 0.15) is 42.0 Å². The van der Waals surface area contributed by atoms with E-state index < -0.39 is 0 Å². The predicted molar refractivity (Wildman–Crippen MR) is 72.6 cm³/mol. The number of aromatic nitrogens is 2. The summed E-state index contributed by atoms with van der Waals surface area (Å²) in [6, 6.07) is 0. The number of carbonyl (C=O) groups is 2. The molecule has 6 heteroatoms. The first kappa shape index (κ1) is 13.9. The summed E-state index contributed by atoms with van der Waals surface area (Å²) in [5, 5.41) is 2.52. The zero-order valence-electron chi connectivity index (χ0n) is 11.2. The van der Waals surface area contributed by atoms with Crippen molar-refractivity contribution < 1.29 is 9.59 Å². The lowest BCUT2D eigenvalue weighted by molar-refractivity contribution is -0.114. The Kier molecular flexibility index (Phi) is 3.58. The lowest BCUT2D eigenvalue weighted by Crippen LogP contribution is -2.30. The molecule has 1 aromatic rings. The molecule has 1 aliphatic rings. The number of hydrogen-bond acceptors (Lipinski definition) is 4. The van der Waals surface area contributed by atoms with Crippen LogP contribution in [0.15, 0.2) is 0 Å². The first-order chi connectivity index (χ1) is 8.82. The van der Waals surface area contributed by atoms with Gasteiger partial charge >= 0.3 is 0 Å². The number of alkyl halides is 1. The van der Waals surface area contributed by atoms with Crippen molar-refractivity contribution in [2.24, 2.45) is 5.41 Å². The summed E-state index contributed by atoms with van der Waals surface area (Å²) in [6.45, 7) is 5.82. The Labute approximate surface area is 116 Å². The van der Waals surface area contributed by atoms with Crippen molar-refractivity contribution in [1.29, 1.82) is 0 Å². The van der Waals surface area contributed by atoms with E-state index >= 15 is 0 Å². The topological polar surface area (TPSA) is 72.0 Å². The molecule has 0 atom stereocenters. The van der Waals surface area contributed by atoms with Gasteiger partial charge in [-0.15, -0.1) is 11.6 Å².